The van der Waals surface area contributed by atoms with Gasteiger partial charge in [0.1, 0.15) is 5.82 Å². The van der Waals surface area contributed by atoms with E-state index >= 15 is 0 Å². The minimum Gasteiger partial charge on any atom is -0.456 e. The zero-order valence-electron chi connectivity index (χ0n) is 15.9. The summed E-state index contributed by atoms with van der Waals surface area (Å²) in [6.07, 6.45) is 3.03. The number of anilines is 1. The zero-order valence-corrected chi connectivity index (χ0v) is 15.9. The molecule has 0 aliphatic rings. The minimum absolute atomic E-state index is 0.0642. The lowest BCUT2D eigenvalue weighted by Gasteiger charge is -2.07. The van der Waals surface area contributed by atoms with Crippen molar-refractivity contribution in [3.05, 3.63) is 65.5 Å². The highest BCUT2D eigenvalue weighted by atomic mass is 19.1. The number of ketones is 1. The fraction of sp³-hybridized carbons (Fsp3) is 0.318. The lowest BCUT2D eigenvalue weighted by atomic mass is 10.1. The van der Waals surface area contributed by atoms with Crippen LogP contribution in [0.1, 0.15) is 48.5 Å². The monoisotopic (exact) mass is 385 g/mol. The molecule has 0 spiro atoms. The van der Waals surface area contributed by atoms with E-state index in [1.165, 1.54) is 29.8 Å². The molecule has 0 bridgehead atoms. The largest absolute Gasteiger partial charge is 0.456 e. The Kier molecular flexibility index (Phi) is 8.34. The smallest absolute Gasteiger partial charge is 0.306 e. The van der Waals surface area contributed by atoms with E-state index < -0.39 is 24.3 Å². The van der Waals surface area contributed by atoms with Crippen molar-refractivity contribution < 1.29 is 23.5 Å². The maximum atomic E-state index is 12.8. The standard InChI is InChI=1S/C22H24FNO4/c1-2-3-4-16-5-11-19(12-6-16)24-21(26)15-28-22(27)14-13-20(25)17-7-9-18(23)10-8-17/h5-12H,2-4,13-15H2,1H3,(H,24,26). The predicted molar refractivity (Wildman–Crippen MR) is 105 cm³/mol. The SMILES string of the molecule is CCCCc1ccc(NC(=O)COC(=O)CCC(=O)c2ccc(F)cc2)cc1. The molecule has 0 fully saturated rings. The summed E-state index contributed by atoms with van der Waals surface area (Å²) in [5.74, 6) is -1.80. The maximum Gasteiger partial charge on any atom is 0.306 e. The molecule has 0 saturated carbocycles. The van der Waals surface area contributed by atoms with E-state index in [0.29, 0.717) is 11.3 Å². The lowest BCUT2D eigenvalue weighted by molar-refractivity contribution is -0.147. The second-order valence-corrected chi connectivity index (χ2v) is 6.44. The molecule has 1 N–H and O–H groups in total. The van der Waals surface area contributed by atoms with Gasteiger partial charge in [-0.1, -0.05) is 25.5 Å². The third-order valence-corrected chi connectivity index (χ3v) is 4.14. The number of Topliss-reactive ketones (excluding diaryl/α,β-unsaturated/α-hetero) is 1. The summed E-state index contributed by atoms with van der Waals surface area (Å²) in [6.45, 7) is 1.72. The molecule has 1 amide bonds. The molecule has 0 radical (unpaired) electrons. The van der Waals surface area contributed by atoms with Crippen molar-refractivity contribution in [3.8, 4) is 0 Å². The number of carbonyl (C=O) groups excluding carboxylic acids is 3. The van der Waals surface area contributed by atoms with Crippen LogP contribution in [0.2, 0.25) is 0 Å². The number of carbonyl (C=O) groups is 3. The van der Waals surface area contributed by atoms with Crippen LogP contribution in [0.4, 0.5) is 10.1 Å². The Labute approximate surface area is 163 Å². The molecular formula is C22H24FNO4. The Balaban J connectivity index is 1.69. The highest BCUT2D eigenvalue weighted by Gasteiger charge is 2.12. The molecule has 6 heteroatoms. The molecule has 28 heavy (non-hydrogen) atoms. The van der Waals surface area contributed by atoms with Crippen LogP contribution < -0.4 is 5.32 Å². The molecule has 2 aromatic rings. The molecule has 0 heterocycles. The number of halogens is 1. The first-order valence-corrected chi connectivity index (χ1v) is 9.31. The summed E-state index contributed by atoms with van der Waals surface area (Å²) in [7, 11) is 0. The summed E-state index contributed by atoms with van der Waals surface area (Å²) in [6, 6.07) is 12.6. The van der Waals surface area contributed by atoms with E-state index in [-0.39, 0.29) is 18.6 Å². The normalized spacial score (nSPS) is 10.4. The summed E-state index contributed by atoms with van der Waals surface area (Å²) in [5.41, 5.74) is 2.17. The van der Waals surface area contributed by atoms with Crippen LogP contribution in [-0.4, -0.2) is 24.3 Å². The summed E-state index contributed by atoms with van der Waals surface area (Å²) in [5, 5.41) is 2.66. The number of aryl methyl sites for hydroxylation is 1. The third kappa shape index (κ3) is 7.31. The van der Waals surface area contributed by atoms with Crippen LogP contribution in [0, 0.1) is 5.82 Å². The average Bonchev–Trinajstić information content (AvgIpc) is 2.70. The molecule has 0 saturated heterocycles. The van der Waals surface area contributed by atoms with Gasteiger partial charge in [0.05, 0.1) is 6.42 Å². The number of unbranched alkanes of at least 4 members (excludes halogenated alkanes) is 1. The number of nitrogens with one attached hydrogen (secondary N) is 1. The van der Waals surface area contributed by atoms with Gasteiger partial charge in [-0.3, -0.25) is 14.4 Å². The highest BCUT2D eigenvalue weighted by Crippen LogP contribution is 2.12. The van der Waals surface area contributed by atoms with E-state index in [1.807, 2.05) is 24.3 Å². The van der Waals surface area contributed by atoms with E-state index in [0.717, 1.165) is 19.3 Å². The quantitative estimate of drug-likeness (QED) is 0.488. The predicted octanol–water partition coefficient (Wildman–Crippen LogP) is 4.31. The molecule has 0 aliphatic carbocycles. The minimum atomic E-state index is -0.638. The average molecular weight is 385 g/mol. The third-order valence-electron chi connectivity index (χ3n) is 4.14. The number of amides is 1. The highest BCUT2D eigenvalue weighted by molar-refractivity contribution is 5.98. The first kappa shape index (κ1) is 21.3. The second-order valence-electron chi connectivity index (χ2n) is 6.44. The second kappa shape index (κ2) is 11.0. The summed E-state index contributed by atoms with van der Waals surface area (Å²) < 4.78 is 17.7. The summed E-state index contributed by atoms with van der Waals surface area (Å²) in [4.78, 5) is 35.5. The van der Waals surface area contributed by atoms with Crippen LogP contribution in [0.5, 0.6) is 0 Å². The molecule has 0 unspecified atom stereocenters. The van der Waals surface area contributed by atoms with Crippen molar-refractivity contribution in [3.63, 3.8) is 0 Å². The van der Waals surface area contributed by atoms with Crippen LogP contribution in [0.25, 0.3) is 0 Å². The Morgan fingerprint density at radius 2 is 1.64 bits per heavy atom. The van der Waals surface area contributed by atoms with Crippen molar-refractivity contribution in [2.24, 2.45) is 0 Å². The number of rotatable bonds is 10. The number of esters is 1. The number of hydrogen-bond donors (Lipinski definition) is 1. The number of ether oxygens (including phenoxy) is 1. The van der Waals surface area contributed by atoms with Crippen molar-refractivity contribution in [1.29, 1.82) is 0 Å². The summed E-state index contributed by atoms with van der Waals surface area (Å²) >= 11 is 0. The van der Waals surface area contributed by atoms with Crippen LogP contribution in [0.3, 0.4) is 0 Å². The van der Waals surface area contributed by atoms with Crippen LogP contribution in [-0.2, 0) is 20.7 Å². The Morgan fingerprint density at radius 3 is 2.29 bits per heavy atom. The van der Waals surface area contributed by atoms with Crippen molar-refractivity contribution in [2.45, 2.75) is 39.0 Å². The van der Waals surface area contributed by atoms with E-state index in [9.17, 15) is 18.8 Å². The van der Waals surface area contributed by atoms with Gasteiger partial charge in [0, 0.05) is 17.7 Å². The lowest BCUT2D eigenvalue weighted by Crippen LogP contribution is -2.21. The molecule has 0 aromatic heterocycles. The van der Waals surface area contributed by atoms with Gasteiger partial charge in [-0.2, -0.15) is 0 Å². The van der Waals surface area contributed by atoms with Crippen LogP contribution in [0.15, 0.2) is 48.5 Å². The van der Waals surface area contributed by atoms with Crippen molar-refractivity contribution >= 4 is 23.3 Å². The fourth-order valence-corrected chi connectivity index (χ4v) is 2.55. The number of benzene rings is 2. The molecule has 2 aromatic carbocycles. The zero-order chi connectivity index (χ0) is 20.4. The van der Waals surface area contributed by atoms with Crippen molar-refractivity contribution in [2.75, 3.05) is 11.9 Å². The molecule has 0 aliphatic heterocycles. The van der Waals surface area contributed by atoms with Crippen LogP contribution >= 0.6 is 0 Å². The molecule has 148 valence electrons. The van der Waals surface area contributed by atoms with Gasteiger partial charge in [-0.05, 0) is 54.8 Å². The first-order chi connectivity index (χ1) is 13.5. The van der Waals surface area contributed by atoms with Gasteiger partial charge in [0.15, 0.2) is 12.4 Å². The van der Waals surface area contributed by atoms with E-state index in [1.54, 1.807) is 0 Å². The fourth-order valence-electron chi connectivity index (χ4n) is 2.55. The molecule has 5 nitrogen and oxygen atoms in total. The molecule has 2 rings (SSSR count). The van der Waals surface area contributed by atoms with Gasteiger partial charge in [-0.25, -0.2) is 4.39 Å². The Morgan fingerprint density at radius 1 is 0.964 bits per heavy atom. The van der Waals surface area contributed by atoms with Gasteiger partial charge in [0.2, 0.25) is 0 Å². The van der Waals surface area contributed by atoms with E-state index in [2.05, 4.69) is 12.2 Å². The van der Waals surface area contributed by atoms with Gasteiger partial charge < -0.3 is 10.1 Å². The Bertz CT molecular complexity index is 800. The van der Waals surface area contributed by atoms with Gasteiger partial charge >= 0.3 is 5.97 Å². The van der Waals surface area contributed by atoms with Gasteiger partial charge in [0.25, 0.3) is 5.91 Å². The van der Waals surface area contributed by atoms with E-state index in [4.69, 9.17) is 4.74 Å². The van der Waals surface area contributed by atoms with Crippen molar-refractivity contribution in [1.82, 2.24) is 0 Å². The van der Waals surface area contributed by atoms with Gasteiger partial charge in [-0.15, -0.1) is 0 Å². The topological polar surface area (TPSA) is 72.5 Å². The number of hydrogen-bond acceptors (Lipinski definition) is 4. The molecular weight excluding hydrogens is 361 g/mol. The molecule has 0 atom stereocenters. The first-order valence-electron chi connectivity index (χ1n) is 9.31. The maximum absolute atomic E-state index is 12.8. The Hall–Kier alpha value is -3.02.